The topological polar surface area (TPSA) is 55.1 Å². The van der Waals surface area contributed by atoms with Gasteiger partial charge in [-0.15, -0.1) is 0 Å². The van der Waals surface area contributed by atoms with E-state index in [-0.39, 0.29) is 11.4 Å². The molecular formula is C8H10F2N2O2S. The minimum absolute atomic E-state index is 0.158. The van der Waals surface area contributed by atoms with Crippen LogP contribution in [0.4, 0.5) is 8.78 Å². The highest BCUT2D eigenvalue weighted by Gasteiger charge is 2.15. The molecule has 1 rings (SSSR count). The maximum Gasteiger partial charge on any atom is 0.313 e. The molecule has 0 saturated carbocycles. The molecular weight excluding hydrogens is 226 g/mol. The van der Waals surface area contributed by atoms with Crippen LogP contribution in [-0.4, -0.2) is 26.6 Å². The molecule has 0 unspecified atom stereocenters. The summed E-state index contributed by atoms with van der Waals surface area (Å²) in [5.74, 6) is -1.14. The van der Waals surface area contributed by atoms with E-state index in [9.17, 15) is 13.6 Å². The van der Waals surface area contributed by atoms with Gasteiger partial charge in [-0.1, -0.05) is 11.8 Å². The molecule has 0 radical (unpaired) electrons. The number of rotatable bonds is 5. The first-order chi connectivity index (χ1) is 7.04. The smallest absolute Gasteiger partial charge is 0.313 e. The molecule has 15 heavy (non-hydrogen) atoms. The number of carboxylic acids is 1. The Hall–Kier alpha value is -1.11. The Balaban J connectivity index is 2.80. The summed E-state index contributed by atoms with van der Waals surface area (Å²) >= 11 is 0.986. The number of hydrogen-bond donors (Lipinski definition) is 1. The third-order valence-corrected chi connectivity index (χ3v) is 2.64. The lowest BCUT2D eigenvalue weighted by atomic mass is 10.5. The van der Waals surface area contributed by atoms with Crippen molar-refractivity contribution >= 4 is 17.7 Å². The Kier molecular flexibility index (Phi) is 4.07. The molecule has 1 N–H and O–H groups in total. The van der Waals surface area contributed by atoms with Gasteiger partial charge in [-0.05, 0) is 13.0 Å². The number of thioether (sulfide) groups is 1. The molecule has 1 aromatic heterocycles. The lowest BCUT2D eigenvalue weighted by molar-refractivity contribution is -0.133. The molecule has 0 atom stereocenters. The average molecular weight is 236 g/mol. The largest absolute Gasteiger partial charge is 0.481 e. The zero-order valence-electron chi connectivity index (χ0n) is 7.98. The van der Waals surface area contributed by atoms with E-state index in [4.69, 9.17) is 5.11 Å². The number of aryl methyl sites for hydroxylation is 1. The van der Waals surface area contributed by atoms with Gasteiger partial charge in [0.05, 0.1) is 10.8 Å². The minimum Gasteiger partial charge on any atom is -0.481 e. The summed E-state index contributed by atoms with van der Waals surface area (Å²) in [6, 6.07) is 1.22. The van der Waals surface area contributed by atoms with Crippen molar-refractivity contribution in [3.05, 3.63) is 11.8 Å². The molecule has 7 heteroatoms. The van der Waals surface area contributed by atoms with E-state index in [0.29, 0.717) is 11.6 Å². The van der Waals surface area contributed by atoms with Crippen LogP contribution < -0.4 is 0 Å². The van der Waals surface area contributed by atoms with Crippen molar-refractivity contribution in [2.75, 3.05) is 5.75 Å². The van der Waals surface area contributed by atoms with Crippen molar-refractivity contribution in [2.45, 2.75) is 24.9 Å². The SMILES string of the molecule is CCn1nc(C(F)F)cc1SCC(=O)O. The Bertz CT molecular complexity index is 354. The number of carbonyl (C=O) groups is 1. The van der Waals surface area contributed by atoms with Crippen molar-refractivity contribution in [3.8, 4) is 0 Å². The van der Waals surface area contributed by atoms with Crippen LogP contribution in [0.3, 0.4) is 0 Å². The van der Waals surface area contributed by atoms with Gasteiger partial charge in [0.1, 0.15) is 5.69 Å². The predicted molar refractivity (Wildman–Crippen MR) is 51.2 cm³/mol. The first-order valence-corrected chi connectivity index (χ1v) is 5.23. The van der Waals surface area contributed by atoms with Gasteiger partial charge in [0.15, 0.2) is 0 Å². The van der Waals surface area contributed by atoms with E-state index < -0.39 is 12.4 Å². The maximum atomic E-state index is 12.3. The van der Waals surface area contributed by atoms with Crippen LogP contribution in [0.15, 0.2) is 11.1 Å². The number of aromatic nitrogens is 2. The van der Waals surface area contributed by atoms with Crippen LogP contribution in [0.25, 0.3) is 0 Å². The fraction of sp³-hybridized carbons (Fsp3) is 0.500. The molecule has 84 valence electrons. The van der Waals surface area contributed by atoms with Crippen molar-refractivity contribution in [1.82, 2.24) is 9.78 Å². The summed E-state index contributed by atoms with van der Waals surface area (Å²) in [6.07, 6.45) is -2.62. The highest BCUT2D eigenvalue weighted by molar-refractivity contribution is 7.99. The molecule has 1 aromatic rings. The van der Waals surface area contributed by atoms with E-state index in [0.717, 1.165) is 11.8 Å². The summed E-state index contributed by atoms with van der Waals surface area (Å²) < 4.78 is 26.0. The number of halogens is 2. The van der Waals surface area contributed by atoms with Crippen LogP contribution in [-0.2, 0) is 11.3 Å². The molecule has 1 heterocycles. The second-order valence-electron chi connectivity index (χ2n) is 2.71. The van der Waals surface area contributed by atoms with Crippen molar-refractivity contribution in [2.24, 2.45) is 0 Å². The first-order valence-electron chi connectivity index (χ1n) is 4.25. The lowest BCUT2D eigenvalue weighted by Gasteiger charge is -2.00. The van der Waals surface area contributed by atoms with Crippen molar-refractivity contribution < 1.29 is 18.7 Å². The summed E-state index contributed by atoms with van der Waals surface area (Å²) in [5, 5.41) is 12.6. The fourth-order valence-electron chi connectivity index (χ4n) is 1.00. The summed E-state index contributed by atoms with van der Waals surface area (Å²) in [4.78, 5) is 10.3. The Labute approximate surface area is 89.3 Å². The van der Waals surface area contributed by atoms with Gasteiger partial charge in [0.2, 0.25) is 0 Å². The van der Waals surface area contributed by atoms with Gasteiger partial charge in [-0.25, -0.2) is 8.78 Å². The molecule has 0 spiro atoms. The zero-order valence-corrected chi connectivity index (χ0v) is 8.80. The Morgan fingerprint density at radius 2 is 2.40 bits per heavy atom. The van der Waals surface area contributed by atoms with Gasteiger partial charge in [-0.2, -0.15) is 5.10 Å². The maximum absolute atomic E-state index is 12.3. The van der Waals surface area contributed by atoms with Crippen LogP contribution >= 0.6 is 11.8 Å². The van der Waals surface area contributed by atoms with Crippen molar-refractivity contribution in [3.63, 3.8) is 0 Å². The summed E-state index contributed by atoms with van der Waals surface area (Å²) in [6.45, 7) is 2.20. The molecule has 0 fully saturated rings. The highest BCUT2D eigenvalue weighted by atomic mass is 32.2. The molecule has 0 amide bonds. The molecule has 0 aliphatic rings. The number of carboxylic acid groups (broad SMARTS) is 1. The van der Waals surface area contributed by atoms with Gasteiger partial charge < -0.3 is 5.11 Å². The van der Waals surface area contributed by atoms with E-state index in [2.05, 4.69) is 5.10 Å². The minimum atomic E-state index is -2.62. The van der Waals surface area contributed by atoms with E-state index in [1.165, 1.54) is 10.7 Å². The summed E-state index contributed by atoms with van der Waals surface area (Å²) in [5.41, 5.74) is -0.315. The van der Waals surface area contributed by atoms with Gasteiger partial charge >= 0.3 is 5.97 Å². The van der Waals surface area contributed by atoms with Crippen LogP contribution in [0.1, 0.15) is 19.0 Å². The van der Waals surface area contributed by atoms with Crippen LogP contribution in [0.2, 0.25) is 0 Å². The third-order valence-electron chi connectivity index (χ3n) is 1.63. The van der Waals surface area contributed by atoms with Gasteiger partial charge in [0, 0.05) is 6.54 Å². The lowest BCUT2D eigenvalue weighted by Crippen LogP contribution is -2.02. The highest BCUT2D eigenvalue weighted by Crippen LogP contribution is 2.24. The van der Waals surface area contributed by atoms with Gasteiger partial charge in [0.25, 0.3) is 6.43 Å². The van der Waals surface area contributed by atoms with Crippen LogP contribution in [0.5, 0.6) is 0 Å². The molecule has 4 nitrogen and oxygen atoms in total. The number of alkyl halides is 2. The van der Waals surface area contributed by atoms with E-state index in [1.807, 2.05) is 0 Å². The first kappa shape index (κ1) is 12.0. The van der Waals surface area contributed by atoms with E-state index >= 15 is 0 Å². The number of aliphatic carboxylic acids is 1. The van der Waals surface area contributed by atoms with Crippen LogP contribution in [0, 0.1) is 0 Å². The Morgan fingerprint density at radius 1 is 1.73 bits per heavy atom. The number of hydrogen-bond acceptors (Lipinski definition) is 3. The summed E-state index contributed by atoms with van der Waals surface area (Å²) in [7, 11) is 0. The fourth-order valence-corrected chi connectivity index (χ4v) is 1.80. The zero-order chi connectivity index (χ0) is 11.4. The standard InChI is InChI=1S/C8H10F2N2O2S/c1-2-12-6(15-4-7(13)14)3-5(11-12)8(9)10/h3,8H,2,4H2,1H3,(H,13,14). The second kappa shape index (κ2) is 5.11. The predicted octanol–water partition coefficient (Wildman–Crippen LogP) is 2.02. The molecule has 0 aromatic carbocycles. The molecule has 0 saturated heterocycles. The molecule has 0 aliphatic carbocycles. The molecule has 0 bridgehead atoms. The van der Waals surface area contributed by atoms with Gasteiger partial charge in [-0.3, -0.25) is 9.48 Å². The Morgan fingerprint density at radius 3 is 2.87 bits per heavy atom. The number of nitrogens with zero attached hydrogens (tertiary/aromatic N) is 2. The quantitative estimate of drug-likeness (QED) is 0.794. The molecule has 0 aliphatic heterocycles. The second-order valence-corrected chi connectivity index (χ2v) is 3.70. The average Bonchev–Trinajstić information content (AvgIpc) is 2.57. The monoisotopic (exact) mass is 236 g/mol. The van der Waals surface area contributed by atoms with Crippen molar-refractivity contribution in [1.29, 1.82) is 0 Å². The normalized spacial score (nSPS) is 10.9. The third kappa shape index (κ3) is 3.19. The van der Waals surface area contributed by atoms with E-state index in [1.54, 1.807) is 6.92 Å².